The Hall–Kier alpha value is -4.01. The minimum Gasteiger partial charge on any atom is -0.478 e. The molecule has 0 radical (unpaired) electrons. The number of aromatic carboxylic acids is 4. The van der Waals surface area contributed by atoms with Crippen LogP contribution in [0.25, 0.3) is 0 Å². The molecule has 0 saturated carbocycles. The summed E-state index contributed by atoms with van der Waals surface area (Å²) in [7, 11) is 0. The molecule has 2 aromatic carbocycles. The molecule has 0 atom stereocenters. The van der Waals surface area contributed by atoms with Crippen LogP contribution in [0.4, 0.5) is 11.4 Å². The molecule has 0 unspecified atom stereocenters. The van der Waals surface area contributed by atoms with Gasteiger partial charge in [0.05, 0.1) is 32.1 Å². The molecule has 0 fully saturated rings. The van der Waals surface area contributed by atoms with Crippen LogP contribution in [0.5, 0.6) is 0 Å². The molecule has 0 aromatic heterocycles. The number of nitro groups is 2. The number of hydrogen-bond donors (Lipinski definition) is 4. The summed E-state index contributed by atoms with van der Waals surface area (Å²) in [4.78, 5) is 61.4. The Labute approximate surface area is 189 Å². The molecule has 2 rings (SSSR count). The molecule has 0 saturated heterocycles. The number of carboxylic acids is 4. The Balaban J connectivity index is 0.000000562. The quantitative estimate of drug-likeness (QED) is 0.211. The molecular weight excluding hydrogens is 591 g/mol. The Morgan fingerprint density at radius 2 is 0.839 bits per heavy atom. The molecule has 0 heterocycles. The van der Waals surface area contributed by atoms with Crippen LogP contribution in [0.2, 0.25) is 0 Å². The molecule has 4 N–H and O–H groups in total. The maximum atomic E-state index is 10.6. The average Bonchev–Trinajstić information content (AvgIpc) is 2.67. The van der Waals surface area contributed by atoms with E-state index >= 15 is 0 Å². The molecule has 15 heteroatoms. The van der Waals surface area contributed by atoms with Crippen LogP contribution >= 0.6 is 0 Å². The summed E-state index contributed by atoms with van der Waals surface area (Å²) in [5, 5.41) is 55.1. The minimum absolute atomic E-state index is 0. The summed E-state index contributed by atoms with van der Waals surface area (Å²) in [6.45, 7) is 0. The van der Waals surface area contributed by atoms with Crippen molar-refractivity contribution in [3.63, 3.8) is 0 Å². The van der Waals surface area contributed by atoms with Crippen LogP contribution in [0, 0.1) is 20.2 Å². The van der Waals surface area contributed by atoms with E-state index in [0.29, 0.717) is 12.1 Å². The fourth-order valence-corrected chi connectivity index (χ4v) is 2.02. The first kappa shape index (κ1) is 27.0. The number of nitrogens with zero attached hydrogens (tertiary/aromatic N) is 2. The number of carboxylic acid groups (broad SMARTS) is 4. The molecule has 0 aliphatic carbocycles. The topological polar surface area (TPSA) is 235 Å². The third kappa shape index (κ3) is 7.07. The fourth-order valence-electron chi connectivity index (χ4n) is 2.02. The summed E-state index contributed by atoms with van der Waals surface area (Å²) < 4.78 is 0. The number of carbonyl (C=O) groups is 4. The smallest absolute Gasteiger partial charge is 0.336 e. The molecule has 0 aliphatic rings. The van der Waals surface area contributed by atoms with Crippen LogP contribution in [-0.2, 0) is 25.8 Å². The van der Waals surface area contributed by atoms with E-state index in [1.54, 1.807) is 0 Å². The number of non-ortho nitro benzene ring substituents is 2. The van der Waals surface area contributed by atoms with Gasteiger partial charge in [0.15, 0.2) is 0 Å². The van der Waals surface area contributed by atoms with Crippen LogP contribution in [0.1, 0.15) is 41.4 Å². The zero-order chi connectivity index (χ0) is 23.2. The summed E-state index contributed by atoms with van der Waals surface area (Å²) in [5.74, 6) is -5.92. The minimum atomic E-state index is -1.52. The molecule has 0 spiro atoms. The van der Waals surface area contributed by atoms with Gasteiger partial charge in [0.2, 0.25) is 0 Å². The van der Waals surface area contributed by atoms with E-state index in [4.69, 9.17) is 20.4 Å². The number of nitro benzene ring substituents is 2. The van der Waals surface area contributed by atoms with E-state index in [9.17, 15) is 39.4 Å². The largest absolute Gasteiger partial charge is 0.478 e. The SMILES string of the molecule is O=C(O)c1ccc([N+](=O)[O-])cc1C(=O)O.O=C(O)c1ccc([N+](=O)[O-])cc1C(=O)O.[Hf]. The summed E-state index contributed by atoms with van der Waals surface area (Å²) in [6.07, 6.45) is 0. The van der Waals surface area contributed by atoms with Gasteiger partial charge in [0.25, 0.3) is 11.4 Å². The van der Waals surface area contributed by atoms with Crippen LogP contribution in [0.3, 0.4) is 0 Å². The summed E-state index contributed by atoms with van der Waals surface area (Å²) in [6, 6.07) is 5.09. The summed E-state index contributed by atoms with van der Waals surface area (Å²) in [5.41, 5.74) is -3.08. The van der Waals surface area contributed by atoms with Gasteiger partial charge in [-0.05, 0) is 12.1 Å². The standard InChI is InChI=1S/2C8H5NO6.Hf/c2*10-7(11)5-2-1-4(9(14)15)3-6(5)8(12)13;/h2*1-3H,(H,10,11)(H,12,13);. The average molecular weight is 601 g/mol. The van der Waals surface area contributed by atoms with Crippen molar-refractivity contribution < 1.29 is 75.3 Å². The van der Waals surface area contributed by atoms with E-state index < -0.39 is 67.4 Å². The van der Waals surface area contributed by atoms with Crippen molar-refractivity contribution in [1.82, 2.24) is 0 Å². The Kier molecular flexibility index (Phi) is 9.79. The second-order valence-electron chi connectivity index (χ2n) is 5.19. The van der Waals surface area contributed by atoms with Crippen molar-refractivity contribution >= 4 is 35.3 Å². The Bertz CT molecular complexity index is 997. The first-order valence-electron chi connectivity index (χ1n) is 7.36. The first-order chi connectivity index (χ1) is 13.9. The second kappa shape index (κ2) is 11.2. The van der Waals surface area contributed by atoms with Crippen molar-refractivity contribution in [2.24, 2.45) is 0 Å². The van der Waals surface area contributed by atoms with Gasteiger partial charge in [0.1, 0.15) is 0 Å². The van der Waals surface area contributed by atoms with Crippen molar-refractivity contribution in [2.45, 2.75) is 0 Å². The zero-order valence-corrected chi connectivity index (χ0v) is 18.5. The van der Waals surface area contributed by atoms with E-state index in [1.807, 2.05) is 0 Å². The molecule has 2 aromatic rings. The molecule has 160 valence electrons. The molecule has 0 amide bonds. The Morgan fingerprint density at radius 3 is 1.03 bits per heavy atom. The van der Waals surface area contributed by atoms with Gasteiger partial charge in [-0.15, -0.1) is 0 Å². The first-order valence-corrected chi connectivity index (χ1v) is 7.36. The van der Waals surface area contributed by atoms with Crippen molar-refractivity contribution in [1.29, 1.82) is 0 Å². The molecule has 0 aliphatic heterocycles. The second-order valence-corrected chi connectivity index (χ2v) is 5.19. The van der Waals surface area contributed by atoms with E-state index in [2.05, 4.69) is 0 Å². The van der Waals surface area contributed by atoms with Gasteiger partial charge in [-0.3, -0.25) is 20.2 Å². The molecule has 0 bridgehead atoms. The van der Waals surface area contributed by atoms with Gasteiger partial charge in [-0.1, -0.05) is 0 Å². The third-order valence-corrected chi connectivity index (χ3v) is 3.35. The number of hydrogen-bond acceptors (Lipinski definition) is 8. The molecular formula is C16H10HfN2O12. The van der Waals surface area contributed by atoms with Gasteiger partial charge in [-0.25, -0.2) is 19.2 Å². The maximum absolute atomic E-state index is 10.6. The van der Waals surface area contributed by atoms with Gasteiger partial charge >= 0.3 is 23.9 Å². The predicted molar refractivity (Wildman–Crippen MR) is 94.0 cm³/mol. The Morgan fingerprint density at radius 1 is 0.581 bits per heavy atom. The summed E-state index contributed by atoms with van der Waals surface area (Å²) >= 11 is 0. The van der Waals surface area contributed by atoms with Crippen LogP contribution in [-0.4, -0.2) is 54.1 Å². The van der Waals surface area contributed by atoms with Gasteiger partial charge in [0, 0.05) is 50.1 Å². The maximum Gasteiger partial charge on any atom is 0.336 e. The van der Waals surface area contributed by atoms with Crippen LogP contribution < -0.4 is 0 Å². The number of rotatable bonds is 6. The van der Waals surface area contributed by atoms with Crippen molar-refractivity contribution in [2.75, 3.05) is 0 Å². The molecule has 31 heavy (non-hydrogen) atoms. The van der Waals surface area contributed by atoms with Crippen molar-refractivity contribution in [3.05, 3.63) is 78.9 Å². The van der Waals surface area contributed by atoms with Crippen LogP contribution in [0.15, 0.2) is 36.4 Å². The van der Waals surface area contributed by atoms with Gasteiger partial charge < -0.3 is 20.4 Å². The van der Waals surface area contributed by atoms with E-state index in [0.717, 1.165) is 24.3 Å². The zero-order valence-electron chi connectivity index (χ0n) is 14.9. The predicted octanol–water partition coefficient (Wildman–Crippen LogP) is 1.98. The number of benzene rings is 2. The van der Waals surface area contributed by atoms with Crippen molar-refractivity contribution in [3.8, 4) is 0 Å². The van der Waals surface area contributed by atoms with E-state index in [-0.39, 0.29) is 25.8 Å². The fraction of sp³-hybridized carbons (Fsp3) is 0. The van der Waals surface area contributed by atoms with E-state index in [1.165, 1.54) is 0 Å². The third-order valence-electron chi connectivity index (χ3n) is 3.35. The van der Waals surface area contributed by atoms with Gasteiger partial charge in [-0.2, -0.15) is 0 Å². The normalized spacial score (nSPS) is 9.29. The monoisotopic (exact) mass is 602 g/mol. The molecule has 14 nitrogen and oxygen atoms in total.